The fourth-order valence-corrected chi connectivity index (χ4v) is 4.01. The molecular formula is C21H28N6O2. The minimum atomic E-state index is -0.193. The molecule has 1 saturated heterocycles. The van der Waals surface area contributed by atoms with Crippen LogP contribution in [0, 0.1) is 0 Å². The van der Waals surface area contributed by atoms with Crippen LogP contribution in [-0.2, 0) is 18.4 Å². The molecule has 1 N–H and O–H groups in total. The van der Waals surface area contributed by atoms with Gasteiger partial charge in [0.15, 0.2) is 0 Å². The molecule has 1 fully saturated rings. The van der Waals surface area contributed by atoms with E-state index in [1.54, 1.807) is 13.2 Å². The fraction of sp³-hybridized carbons (Fsp3) is 0.476. The van der Waals surface area contributed by atoms with Crippen molar-refractivity contribution in [2.45, 2.75) is 13.0 Å². The highest BCUT2D eigenvalue weighted by Crippen LogP contribution is 2.25. The Morgan fingerprint density at radius 2 is 1.86 bits per heavy atom. The molecule has 1 amide bonds. The Labute approximate surface area is 169 Å². The Morgan fingerprint density at radius 3 is 2.66 bits per heavy atom. The van der Waals surface area contributed by atoms with Crippen LogP contribution in [0.3, 0.4) is 0 Å². The number of piperazine rings is 1. The maximum Gasteiger partial charge on any atom is 0.291 e. The molecule has 1 aliphatic rings. The third-order valence-electron chi connectivity index (χ3n) is 5.74. The van der Waals surface area contributed by atoms with Crippen LogP contribution in [0.15, 0.2) is 35.3 Å². The van der Waals surface area contributed by atoms with Gasteiger partial charge in [-0.2, -0.15) is 5.10 Å². The van der Waals surface area contributed by atoms with Gasteiger partial charge in [0.1, 0.15) is 12.1 Å². The monoisotopic (exact) mass is 396 g/mol. The van der Waals surface area contributed by atoms with E-state index in [1.165, 1.54) is 4.68 Å². The summed E-state index contributed by atoms with van der Waals surface area (Å²) in [7, 11) is 3.78. The fourth-order valence-electron chi connectivity index (χ4n) is 4.01. The molecule has 3 heterocycles. The van der Waals surface area contributed by atoms with Gasteiger partial charge < -0.3 is 19.7 Å². The Morgan fingerprint density at radius 1 is 1.10 bits per heavy atom. The first-order valence-electron chi connectivity index (χ1n) is 10.2. The summed E-state index contributed by atoms with van der Waals surface area (Å²) in [5.41, 5.74) is 1.21. The van der Waals surface area contributed by atoms with Crippen LogP contribution >= 0.6 is 0 Å². The van der Waals surface area contributed by atoms with Gasteiger partial charge >= 0.3 is 0 Å². The number of carbonyl (C=O) groups excluding carboxylic acids is 1. The van der Waals surface area contributed by atoms with Gasteiger partial charge in [0, 0.05) is 56.1 Å². The van der Waals surface area contributed by atoms with Crippen molar-refractivity contribution in [1.29, 1.82) is 0 Å². The first kappa shape index (κ1) is 19.6. The molecule has 1 aliphatic heterocycles. The van der Waals surface area contributed by atoms with Crippen LogP contribution < -0.4 is 10.9 Å². The van der Waals surface area contributed by atoms with Crippen molar-refractivity contribution in [3.63, 3.8) is 0 Å². The number of aromatic nitrogens is 3. The molecule has 0 atom stereocenters. The van der Waals surface area contributed by atoms with E-state index < -0.39 is 0 Å². The number of likely N-dealkylation sites (N-methyl/N-ethyl adjacent to an activating group) is 1. The van der Waals surface area contributed by atoms with Gasteiger partial charge in [0.05, 0.1) is 6.20 Å². The van der Waals surface area contributed by atoms with Gasteiger partial charge in [-0.3, -0.25) is 9.59 Å². The highest BCUT2D eigenvalue weighted by atomic mass is 16.2. The third-order valence-corrected chi connectivity index (χ3v) is 5.74. The number of nitrogens with zero attached hydrogens (tertiary/aromatic N) is 5. The standard InChI is InChI=1S/C21H28N6O2/c1-24-10-12-26(13-11-24)9-5-8-22-19(28)15-27-18-7-4-3-6-16(18)17-14-23-25(2)21(29)20(17)27/h3-4,6-7,14H,5,8-13,15H2,1-2H3,(H,22,28). The summed E-state index contributed by atoms with van der Waals surface area (Å²) < 4.78 is 3.12. The van der Waals surface area contributed by atoms with Crippen LogP contribution in [-0.4, -0.2) is 76.4 Å². The Kier molecular flexibility index (Phi) is 5.64. The van der Waals surface area contributed by atoms with E-state index in [1.807, 2.05) is 28.8 Å². The third kappa shape index (κ3) is 4.04. The summed E-state index contributed by atoms with van der Waals surface area (Å²) in [6, 6.07) is 7.75. The van der Waals surface area contributed by atoms with Gasteiger partial charge in [0.2, 0.25) is 5.91 Å². The second-order valence-corrected chi connectivity index (χ2v) is 7.79. The quantitative estimate of drug-likeness (QED) is 0.619. The number of rotatable bonds is 6. The summed E-state index contributed by atoms with van der Waals surface area (Å²) in [5, 5.41) is 8.88. The summed E-state index contributed by atoms with van der Waals surface area (Å²) in [5.74, 6) is -0.0788. The molecule has 0 saturated carbocycles. The lowest BCUT2D eigenvalue weighted by molar-refractivity contribution is -0.121. The van der Waals surface area contributed by atoms with Crippen molar-refractivity contribution in [2.24, 2.45) is 7.05 Å². The summed E-state index contributed by atoms with van der Waals surface area (Å²) >= 11 is 0. The highest BCUT2D eigenvalue weighted by molar-refractivity contribution is 6.07. The van der Waals surface area contributed by atoms with Crippen molar-refractivity contribution in [1.82, 2.24) is 29.5 Å². The molecule has 0 radical (unpaired) electrons. The molecule has 29 heavy (non-hydrogen) atoms. The van der Waals surface area contributed by atoms with Gasteiger partial charge in [-0.1, -0.05) is 18.2 Å². The number of fused-ring (bicyclic) bond motifs is 3. The van der Waals surface area contributed by atoms with E-state index in [9.17, 15) is 9.59 Å². The Hall–Kier alpha value is -2.71. The lowest BCUT2D eigenvalue weighted by atomic mass is 10.2. The average molecular weight is 396 g/mol. The number of para-hydroxylation sites is 1. The largest absolute Gasteiger partial charge is 0.355 e. The molecule has 1 aromatic carbocycles. The molecule has 0 spiro atoms. The van der Waals surface area contributed by atoms with Crippen LogP contribution in [0.5, 0.6) is 0 Å². The van der Waals surface area contributed by atoms with Crippen LogP contribution in [0.1, 0.15) is 6.42 Å². The minimum absolute atomic E-state index is 0.0788. The van der Waals surface area contributed by atoms with Crippen LogP contribution in [0.2, 0.25) is 0 Å². The first-order valence-corrected chi connectivity index (χ1v) is 10.2. The number of hydrogen-bond donors (Lipinski definition) is 1. The van der Waals surface area contributed by atoms with Crippen LogP contribution in [0.25, 0.3) is 21.8 Å². The Bertz CT molecular complexity index is 1080. The van der Waals surface area contributed by atoms with Gasteiger partial charge in [-0.25, -0.2) is 4.68 Å². The molecule has 2 aromatic heterocycles. The van der Waals surface area contributed by atoms with E-state index in [2.05, 4.69) is 27.3 Å². The number of hydrogen-bond acceptors (Lipinski definition) is 5. The minimum Gasteiger partial charge on any atom is -0.355 e. The zero-order valence-corrected chi connectivity index (χ0v) is 17.1. The van der Waals surface area contributed by atoms with Crippen molar-refractivity contribution >= 4 is 27.7 Å². The van der Waals surface area contributed by atoms with E-state index >= 15 is 0 Å². The maximum absolute atomic E-state index is 12.7. The second-order valence-electron chi connectivity index (χ2n) is 7.79. The van der Waals surface area contributed by atoms with Crippen molar-refractivity contribution < 1.29 is 4.79 Å². The number of nitrogens with one attached hydrogen (secondary N) is 1. The van der Waals surface area contributed by atoms with Crippen molar-refractivity contribution in [3.8, 4) is 0 Å². The first-order chi connectivity index (χ1) is 14.0. The molecule has 0 aliphatic carbocycles. The molecule has 8 nitrogen and oxygen atoms in total. The molecule has 4 rings (SSSR count). The van der Waals surface area contributed by atoms with E-state index in [4.69, 9.17) is 0 Å². The van der Waals surface area contributed by atoms with Crippen LogP contribution in [0.4, 0.5) is 0 Å². The van der Waals surface area contributed by atoms with Gasteiger partial charge in [0.25, 0.3) is 5.56 Å². The molecule has 154 valence electrons. The average Bonchev–Trinajstić information content (AvgIpc) is 3.04. The number of benzene rings is 1. The predicted molar refractivity (Wildman–Crippen MR) is 114 cm³/mol. The summed E-state index contributed by atoms with van der Waals surface area (Å²) in [6.45, 7) is 6.13. The number of carbonyl (C=O) groups is 1. The van der Waals surface area contributed by atoms with Crippen molar-refractivity contribution in [2.75, 3.05) is 46.3 Å². The summed E-state index contributed by atoms with van der Waals surface area (Å²) in [6.07, 6.45) is 2.62. The molecule has 8 heteroatoms. The number of amides is 1. The van der Waals surface area contributed by atoms with E-state index in [0.29, 0.717) is 12.1 Å². The zero-order valence-electron chi connectivity index (χ0n) is 17.1. The topological polar surface area (TPSA) is 75.4 Å². The van der Waals surface area contributed by atoms with Crippen molar-refractivity contribution in [3.05, 3.63) is 40.8 Å². The van der Waals surface area contributed by atoms with Gasteiger partial charge in [-0.05, 0) is 26.1 Å². The lowest BCUT2D eigenvalue weighted by Crippen LogP contribution is -2.45. The molecule has 0 bridgehead atoms. The SMILES string of the molecule is CN1CCN(CCCNC(=O)Cn2c3ccccc3c3cnn(C)c(=O)c32)CC1. The molecule has 3 aromatic rings. The summed E-state index contributed by atoms with van der Waals surface area (Å²) in [4.78, 5) is 30.1. The predicted octanol–water partition coefficient (Wildman–Crippen LogP) is 0.642. The molecular weight excluding hydrogens is 368 g/mol. The van der Waals surface area contributed by atoms with Gasteiger partial charge in [-0.15, -0.1) is 0 Å². The molecule has 0 unspecified atom stereocenters. The van der Waals surface area contributed by atoms with E-state index in [0.717, 1.165) is 55.4 Å². The lowest BCUT2D eigenvalue weighted by Gasteiger charge is -2.32. The normalized spacial score (nSPS) is 15.9. The number of aryl methyl sites for hydroxylation is 1. The van der Waals surface area contributed by atoms with E-state index in [-0.39, 0.29) is 18.0 Å². The maximum atomic E-state index is 12.7. The zero-order chi connectivity index (χ0) is 20.4. The second kappa shape index (κ2) is 8.34. The smallest absolute Gasteiger partial charge is 0.291 e. The Balaban J connectivity index is 1.44. The highest BCUT2D eigenvalue weighted by Gasteiger charge is 2.17.